The summed E-state index contributed by atoms with van der Waals surface area (Å²) in [7, 11) is 0. The Kier molecular flexibility index (Phi) is 3.93. The van der Waals surface area contributed by atoms with Crippen LogP contribution in [0.1, 0.15) is 6.92 Å². The average Bonchev–Trinajstić information content (AvgIpc) is 1.96. The van der Waals surface area contributed by atoms with Crippen molar-refractivity contribution < 1.29 is 27.8 Å². The zero-order valence-electron chi connectivity index (χ0n) is 6.89. The molecule has 0 radical (unpaired) electrons. The van der Waals surface area contributed by atoms with Crippen LogP contribution in [0.2, 0.25) is 0 Å². The summed E-state index contributed by atoms with van der Waals surface area (Å²) < 4.78 is 40.4. The molecule has 0 aliphatic rings. The number of carboxylic acid groups (broad SMARTS) is 1. The maximum atomic E-state index is 12.1. The lowest BCUT2D eigenvalue weighted by Crippen LogP contribution is -2.35. The maximum absolute atomic E-state index is 12.1. The molecule has 76 valence electrons. The Hall–Kier alpha value is -1.04. The van der Waals surface area contributed by atoms with Crippen molar-refractivity contribution >= 4 is 5.97 Å². The highest BCUT2D eigenvalue weighted by Crippen LogP contribution is 2.27. The largest absolute Gasteiger partial charge is 0.478 e. The minimum atomic E-state index is -4.73. The normalized spacial score (nSPS) is 13.8. The van der Waals surface area contributed by atoms with Crippen LogP contribution in [0.5, 0.6) is 0 Å². The molecule has 0 heterocycles. The van der Waals surface area contributed by atoms with Crippen LogP contribution < -0.4 is 0 Å². The topological polar surface area (TPSA) is 46.5 Å². The number of ether oxygens (including phenoxy) is 1. The molecule has 0 aliphatic heterocycles. The first-order valence-electron chi connectivity index (χ1n) is 3.41. The highest BCUT2D eigenvalue weighted by molar-refractivity contribution is 5.87. The van der Waals surface area contributed by atoms with E-state index in [1.807, 2.05) is 0 Å². The van der Waals surface area contributed by atoms with E-state index in [-0.39, 0.29) is 6.61 Å². The van der Waals surface area contributed by atoms with Gasteiger partial charge < -0.3 is 9.84 Å². The number of halogens is 3. The van der Waals surface area contributed by atoms with Gasteiger partial charge in [0.25, 0.3) is 0 Å². The lowest BCUT2D eigenvalue weighted by Gasteiger charge is -2.19. The van der Waals surface area contributed by atoms with Gasteiger partial charge in [-0.05, 0) is 6.92 Å². The zero-order chi connectivity index (χ0) is 10.6. The molecule has 0 amide bonds. The van der Waals surface area contributed by atoms with Crippen LogP contribution in [0.3, 0.4) is 0 Å². The highest BCUT2D eigenvalue weighted by Gasteiger charge is 2.44. The summed E-state index contributed by atoms with van der Waals surface area (Å²) >= 11 is 0. The number of alkyl halides is 3. The van der Waals surface area contributed by atoms with Crippen molar-refractivity contribution in [1.82, 2.24) is 0 Å². The monoisotopic (exact) mass is 198 g/mol. The quantitative estimate of drug-likeness (QED) is 0.698. The Bertz CT molecular complexity index is 210. The van der Waals surface area contributed by atoms with E-state index < -0.39 is 23.8 Å². The van der Waals surface area contributed by atoms with Crippen molar-refractivity contribution in [3.63, 3.8) is 0 Å². The Morgan fingerprint density at radius 3 is 2.31 bits per heavy atom. The van der Waals surface area contributed by atoms with Crippen molar-refractivity contribution in [1.29, 1.82) is 0 Å². The number of aliphatic carboxylic acids is 1. The second-order valence-electron chi connectivity index (χ2n) is 2.21. The second kappa shape index (κ2) is 4.27. The Labute approximate surface area is 72.8 Å². The van der Waals surface area contributed by atoms with Gasteiger partial charge in [0.05, 0.1) is 5.57 Å². The molecular formula is C7H9F3O3. The summed E-state index contributed by atoms with van der Waals surface area (Å²) in [6, 6.07) is 0. The van der Waals surface area contributed by atoms with E-state index in [1.165, 1.54) is 6.92 Å². The van der Waals surface area contributed by atoms with Crippen molar-refractivity contribution in [3.8, 4) is 0 Å². The Morgan fingerprint density at radius 1 is 1.62 bits per heavy atom. The number of hydrogen-bond acceptors (Lipinski definition) is 2. The number of carboxylic acids is 1. The van der Waals surface area contributed by atoms with E-state index in [4.69, 9.17) is 5.11 Å². The minimum Gasteiger partial charge on any atom is -0.478 e. The lowest BCUT2D eigenvalue weighted by atomic mass is 10.1. The molecule has 1 unspecified atom stereocenters. The molecule has 1 N–H and O–H groups in total. The molecule has 0 bridgehead atoms. The Morgan fingerprint density at radius 2 is 2.08 bits per heavy atom. The third-order valence-electron chi connectivity index (χ3n) is 1.22. The lowest BCUT2D eigenvalue weighted by molar-refractivity contribution is -0.208. The van der Waals surface area contributed by atoms with Crippen LogP contribution >= 0.6 is 0 Å². The summed E-state index contributed by atoms with van der Waals surface area (Å²) in [5.74, 6) is -1.71. The first-order valence-corrected chi connectivity index (χ1v) is 3.41. The van der Waals surface area contributed by atoms with Crippen molar-refractivity contribution in [2.75, 3.05) is 6.61 Å². The molecule has 0 aromatic carbocycles. The molecule has 13 heavy (non-hydrogen) atoms. The van der Waals surface area contributed by atoms with Crippen molar-refractivity contribution in [2.24, 2.45) is 0 Å². The SMILES string of the molecule is C=C(C(=O)O)C(OCC)C(F)(F)F. The molecule has 0 aromatic rings. The van der Waals surface area contributed by atoms with Gasteiger partial charge in [-0.25, -0.2) is 4.79 Å². The van der Waals surface area contributed by atoms with Crippen LogP contribution in [0.25, 0.3) is 0 Å². The van der Waals surface area contributed by atoms with Crippen LogP contribution in [0.4, 0.5) is 13.2 Å². The summed E-state index contributed by atoms with van der Waals surface area (Å²) in [5.41, 5.74) is -1.01. The summed E-state index contributed by atoms with van der Waals surface area (Å²) in [4.78, 5) is 10.2. The maximum Gasteiger partial charge on any atom is 0.419 e. The summed E-state index contributed by atoms with van der Waals surface area (Å²) in [6.45, 7) is 3.91. The number of hydrogen-bond donors (Lipinski definition) is 1. The van der Waals surface area contributed by atoms with Gasteiger partial charge in [-0.15, -0.1) is 0 Å². The smallest absolute Gasteiger partial charge is 0.419 e. The zero-order valence-corrected chi connectivity index (χ0v) is 6.89. The van der Waals surface area contributed by atoms with Gasteiger partial charge in [0.2, 0.25) is 0 Å². The van der Waals surface area contributed by atoms with Gasteiger partial charge in [0.1, 0.15) is 0 Å². The molecule has 0 spiro atoms. The van der Waals surface area contributed by atoms with Crippen LogP contribution in [-0.2, 0) is 9.53 Å². The van der Waals surface area contributed by atoms with Crippen LogP contribution in [0.15, 0.2) is 12.2 Å². The Balaban J connectivity index is 4.61. The fourth-order valence-electron chi connectivity index (χ4n) is 0.671. The molecule has 6 heteroatoms. The minimum absolute atomic E-state index is 0.226. The van der Waals surface area contributed by atoms with E-state index in [9.17, 15) is 18.0 Å². The van der Waals surface area contributed by atoms with Gasteiger partial charge in [-0.2, -0.15) is 13.2 Å². The van der Waals surface area contributed by atoms with Crippen LogP contribution in [0, 0.1) is 0 Å². The van der Waals surface area contributed by atoms with Crippen LogP contribution in [-0.4, -0.2) is 30.0 Å². The number of carbonyl (C=O) groups is 1. The molecule has 3 nitrogen and oxygen atoms in total. The van der Waals surface area contributed by atoms with E-state index in [2.05, 4.69) is 11.3 Å². The average molecular weight is 198 g/mol. The number of rotatable bonds is 4. The fourth-order valence-corrected chi connectivity index (χ4v) is 0.671. The third-order valence-corrected chi connectivity index (χ3v) is 1.22. The summed E-state index contributed by atoms with van der Waals surface area (Å²) in [6.07, 6.45) is -7.15. The molecule has 0 rings (SSSR count). The van der Waals surface area contributed by atoms with Gasteiger partial charge >= 0.3 is 12.1 Å². The first kappa shape index (κ1) is 12.0. The van der Waals surface area contributed by atoms with Gasteiger partial charge in [-0.3, -0.25) is 0 Å². The second-order valence-corrected chi connectivity index (χ2v) is 2.21. The summed E-state index contributed by atoms with van der Waals surface area (Å²) in [5, 5.41) is 8.26. The van der Waals surface area contributed by atoms with E-state index in [0.29, 0.717) is 0 Å². The molecule has 1 atom stereocenters. The first-order chi connectivity index (χ1) is 5.80. The molecule has 0 fully saturated rings. The predicted molar refractivity (Wildman–Crippen MR) is 38.2 cm³/mol. The predicted octanol–water partition coefficient (Wildman–Crippen LogP) is 1.59. The molecule has 0 saturated heterocycles. The molecule has 0 aliphatic carbocycles. The van der Waals surface area contributed by atoms with Gasteiger partial charge in [-0.1, -0.05) is 6.58 Å². The van der Waals surface area contributed by atoms with E-state index in [1.54, 1.807) is 0 Å². The third kappa shape index (κ3) is 3.45. The van der Waals surface area contributed by atoms with Crippen molar-refractivity contribution in [3.05, 3.63) is 12.2 Å². The van der Waals surface area contributed by atoms with E-state index in [0.717, 1.165) is 0 Å². The highest BCUT2D eigenvalue weighted by atomic mass is 19.4. The van der Waals surface area contributed by atoms with Gasteiger partial charge in [0.15, 0.2) is 6.10 Å². The van der Waals surface area contributed by atoms with Crippen molar-refractivity contribution in [2.45, 2.75) is 19.2 Å². The molecule has 0 aromatic heterocycles. The van der Waals surface area contributed by atoms with E-state index >= 15 is 0 Å². The molecular weight excluding hydrogens is 189 g/mol. The molecule has 0 saturated carbocycles. The fraction of sp³-hybridized carbons (Fsp3) is 0.571. The van der Waals surface area contributed by atoms with Gasteiger partial charge in [0, 0.05) is 6.61 Å². The standard InChI is InChI=1S/C7H9F3O3/c1-3-13-5(7(8,9)10)4(2)6(11)12/h5H,2-3H2,1H3,(H,11,12).